The average molecular weight is 295 g/mol. The Balaban J connectivity index is 2.09. The van der Waals surface area contributed by atoms with Gasteiger partial charge in [0.1, 0.15) is 5.70 Å². The van der Waals surface area contributed by atoms with Crippen LogP contribution in [0.25, 0.3) is 11.8 Å². The molecule has 0 spiro atoms. The van der Waals surface area contributed by atoms with Crippen molar-refractivity contribution in [2.45, 2.75) is 20.8 Å². The van der Waals surface area contributed by atoms with Crippen molar-refractivity contribution in [3.05, 3.63) is 58.5 Å². The van der Waals surface area contributed by atoms with Crippen LogP contribution in [0, 0.1) is 20.8 Å². The standard InChI is InChI=1S/C17H17N3O2/c1-10-6-4-5-7-15(10)20-11(2)8-13(12(20)3)9-14-16(21)19-17(22)18-14/h4-9H,1-3H3,(H2,18,19,21,22)/b14-9+. The summed E-state index contributed by atoms with van der Waals surface area (Å²) < 4.78 is 2.15. The van der Waals surface area contributed by atoms with Crippen LogP contribution in [0.4, 0.5) is 4.79 Å². The van der Waals surface area contributed by atoms with Crippen molar-refractivity contribution >= 4 is 18.0 Å². The van der Waals surface area contributed by atoms with Crippen LogP contribution in [-0.4, -0.2) is 16.5 Å². The van der Waals surface area contributed by atoms with Crippen molar-refractivity contribution in [3.8, 4) is 5.69 Å². The van der Waals surface area contributed by atoms with E-state index in [1.165, 1.54) is 5.56 Å². The highest BCUT2D eigenvalue weighted by atomic mass is 16.2. The molecule has 0 unspecified atom stereocenters. The third-order valence-corrected chi connectivity index (χ3v) is 3.85. The lowest BCUT2D eigenvalue weighted by Gasteiger charge is -2.12. The number of aryl methyl sites for hydroxylation is 2. The molecule has 3 amide bonds. The van der Waals surface area contributed by atoms with E-state index in [4.69, 9.17) is 0 Å². The number of hydrogen-bond acceptors (Lipinski definition) is 2. The number of nitrogens with zero attached hydrogens (tertiary/aromatic N) is 1. The lowest BCUT2D eigenvalue weighted by atomic mass is 10.2. The molecule has 2 aromatic rings. The molecule has 22 heavy (non-hydrogen) atoms. The summed E-state index contributed by atoms with van der Waals surface area (Å²) in [7, 11) is 0. The van der Waals surface area contributed by atoms with E-state index in [0.717, 1.165) is 22.6 Å². The largest absolute Gasteiger partial charge is 0.326 e. The number of hydrogen-bond donors (Lipinski definition) is 2. The number of carbonyl (C=O) groups is 2. The van der Waals surface area contributed by atoms with Gasteiger partial charge in [-0.25, -0.2) is 4.79 Å². The molecule has 1 saturated heterocycles. The maximum atomic E-state index is 11.6. The molecule has 0 radical (unpaired) electrons. The number of carbonyl (C=O) groups excluding carboxylic acids is 2. The molecule has 1 aromatic carbocycles. The number of para-hydroxylation sites is 1. The van der Waals surface area contributed by atoms with Gasteiger partial charge in [-0.3, -0.25) is 10.1 Å². The Morgan fingerprint density at radius 1 is 1.05 bits per heavy atom. The molecule has 0 bridgehead atoms. The molecule has 1 fully saturated rings. The van der Waals surface area contributed by atoms with E-state index >= 15 is 0 Å². The SMILES string of the molecule is Cc1ccccc1-n1c(C)cc(/C=C2/NC(=O)NC2=O)c1C. The van der Waals surface area contributed by atoms with Crippen molar-refractivity contribution < 1.29 is 9.59 Å². The minimum Gasteiger partial charge on any atom is -0.318 e. The van der Waals surface area contributed by atoms with Crippen LogP contribution in [0.15, 0.2) is 36.0 Å². The maximum Gasteiger partial charge on any atom is 0.326 e. The molecule has 3 rings (SSSR count). The van der Waals surface area contributed by atoms with Gasteiger partial charge in [0.15, 0.2) is 0 Å². The molecular formula is C17H17N3O2. The van der Waals surface area contributed by atoms with Crippen LogP contribution >= 0.6 is 0 Å². The fourth-order valence-electron chi connectivity index (χ4n) is 2.76. The van der Waals surface area contributed by atoms with E-state index < -0.39 is 11.9 Å². The van der Waals surface area contributed by atoms with Gasteiger partial charge in [0.2, 0.25) is 0 Å². The number of benzene rings is 1. The predicted molar refractivity (Wildman–Crippen MR) is 84.6 cm³/mol. The number of nitrogens with one attached hydrogen (secondary N) is 2. The van der Waals surface area contributed by atoms with Gasteiger partial charge in [-0.15, -0.1) is 0 Å². The summed E-state index contributed by atoms with van der Waals surface area (Å²) in [6.45, 7) is 6.09. The minimum absolute atomic E-state index is 0.273. The molecule has 5 nitrogen and oxygen atoms in total. The first-order valence-corrected chi connectivity index (χ1v) is 7.06. The molecule has 1 aliphatic heterocycles. The number of amides is 3. The van der Waals surface area contributed by atoms with Gasteiger partial charge in [-0.1, -0.05) is 18.2 Å². The second-order valence-corrected chi connectivity index (χ2v) is 5.41. The van der Waals surface area contributed by atoms with Crippen LogP contribution in [0.5, 0.6) is 0 Å². The Morgan fingerprint density at radius 3 is 2.41 bits per heavy atom. The number of urea groups is 1. The van der Waals surface area contributed by atoms with Crippen molar-refractivity contribution in [1.82, 2.24) is 15.2 Å². The highest BCUT2D eigenvalue weighted by Crippen LogP contribution is 2.24. The van der Waals surface area contributed by atoms with E-state index in [9.17, 15) is 9.59 Å². The van der Waals surface area contributed by atoms with Gasteiger partial charge in [-0.2, -0.15) is 0 Å². The molecular weight excluding hydrogens is 278 g/mol. The molecule has 2 N–H and O–H groups in total. The molecule has 5 heteroatoms. The number of imide groups is 1. The Kier molecular flexibility index (Phi) is 3.33. The highest BCUT2D eigenvalue weighted by molar-refractivity contribution is 6.14. The van der Waals surface area contributed by atoms with Crippen LogP contribution < -0.4 is 10.6 Å². The summed E-state index contributed by atoms with van der Waals surface area (Å²) >= 11 is 0. The van der Waals surface area contributed by atoms with Gasteiger partial charge in [0.05, 0.1) is 0 Å². The Labute approximate surface area is 128 Å². The van der Waals surface area contributed by atoms with Crippen molar-refractivity contribution in [2.75, 3.05) is 0 Å². The smallest absolute Gasteiger partial charge is 0.318 e. The second-order valence-electron chi connectivity index (χ2n) is 5.41. The molecule has 1 aliphatic rings. The average Bonchev–Trinajstić information content (AvgIpc) is 2.91. The topological polar surface area (TPSA) is 63.1 Å². The van der Waals surface area contributed by atoms with E-state index in [1.807, 2.05) is 32.0 Å². The normalized spacial score (nSPS) is 16.0. The van der Waals surface area contributed by atoms with E-state index in [1.54, 1.807) is 6.08 Å². The van der Waals surface area contributed by atoms with Crippen LogP contribution in [0.3, 0.4) is 0 Å². The van der Waals surface area contributed by atoms with Crippen LogP contribution in [-0.2, 0) is 4.79 Å². The zero-order chi connectivity index (χ0) is 15.9. The lowest BCUT2D eigenvalue weighted by molar-refractivity contribution is -0.115. The van der Waals surface area contributed by atoms with Crippen molar-refractivity contribution in [1.29, 1.82) is 0 Å². The first-order valence-electron chi connectivity index (χ1n) is 7.06. The summed E-state index contributed by atoms with van der Waals surface area (Å²) in [5.41, 5.74) is 5.57. The van der Waals surface area contributed by atoms with Gasteiger partial charge in [-0.05, 0) is 50.1 Å². The summed E-state index contributed by atoms with van der Waals surface area (Å²) in [6.07, 6.45) is 1.71. The zero-order valence-electron chi connectivity index (χ0n) is 12.7. The van der Waals surface area contributed by atoms with Crippen LogP contribution in [0.2, 0.25) is 0 Å². The zero-order valence-corrected chi connectivity index (χ0v) is 12.7. The summed E-state index contributed by atoms with van der Waals surface area (Å²) in [5.74, 6) is -0.398. The fraction of sp³-hybridized carbons (Fsp3) is 0.176. The fourth-order valence-corrected chi connectivity index (χ4v) is 2.76. The third kappa shape index (κ3) is 2.30. The molecule has 0 aliphatic carbocycles. The first kappa shape index (κ1) is 14.1. The van der Waals surface area contributed by atoms with Crippen molar-refractivity contribution in [3.63, 3.8) is 0 Å². The van der Waals surface area contributed by atoms with Gasteiger partial charge >= 0.3 is 6.03 Å². The minimum atomic E-state index is -0.482. The lowest BCUT2D eigenvalue weighted by Crippen LogP contribution is -2.22. The summed E-state index contributed by atoms with van der Waals surface area (Å²) in [6, 6.07) is 9.67. The Bertz CT molecular complexity index is 815. The van der Waals surface area contributed by atoms with Crippen molar-refractivity contribution in [2.24, 2.45) is 0 Å². The highest BCUT2D eigenvalue weighted by Gasteiger charge is 2.23. The summed E-state index contributed by atoms with van der Waals surface area (Å²) in [5, 5.41) is 4.72. The Morgan fingerprint density at radius 2 is 1.77 bits per heavy atom. The monoisotopic (exact) mass is 295 g/mol. The number of aromatic nitrogens is 1. The van der Waals surface area contributed by atoms with Gasteiger partial charge in [0.25, 0.3) is 5.91 Å². The van der Waals surface area contributed by atoms with Gasteiger partial charge in [0, 0.05) is 17.1 Å². The molecule has 2 heterocycles. The Hall–Kier alpha value is -2.82. The molecule has 112 valence electrons. The maximum absolute atomic E-state index is 11.6. The van der Waals surface area contributed by atoms with E-state index in [0.29, 0.717) is 0 Å². The molecule has 0 atom stereocenters. The second kappa shape index (κ2) is 5.18. The molecule has 1 aromatic heterocycles. The summed E-state index contributed by atoms with van der Waals surface area (Å²) in [4.78, 5) is 22.8. The molecule has 0 saturated carbocycles. The quantitative estimate of drug-likeness (QED) is 0.660. The number of rotatable bonds is 2. The van der Waals surface area contributed by atoms with E-state index in [2.05, 4.69) is 34.3 Å². The first-order chi connectivity index (χ1) is 10.5. The van der Waals surface area contributed by atoms with E-state index in [-0.39, 0.29) is 5.70 Å². The third-order valence-electron chi connectivity index (χ3n) is 3.85. The van der Waals surface area contributed by atoms with Crippen LogP contribution in [0.1, 0.15) is 22.5 Å². The predicted octanol–water partition coefficient (Wildman–Crippen LogP) is 2.58. The van der Waals surface area contributed by atoms with Gasteiger partial charge < -0.3 is 9.88 Å².